The van der Waals surface area contributed by atoms with E-state index in [2.05, 4.69) is 20.6 Å². The van der Waals surface area contributed by atoms with Crippen LogP contribution in [0.25, 0.3) is 10.2 Å². The van der Waals surface area contributed by atoms with Crippen molar-refractivity contribution in [2.75, 3.05) is 18.4 Å². The first kappa shape index (κ1) is 14.0. The van der Waals surface area contributed by atoms with Crippen LogP contribution in [0, 0.1) is 0 Å². The maximum absolute atomic E-state index is 11.5. The van der Waals surface area contributed by atoms with Gasteiger partial charge in [0.25, 0.3) is 0 Å². The zero-order chi connectivity index (χ0) is 13.7. The minimum Gasteiger partial charge on any atom is -0.369 e. The maximum atomic E-state index is 11.5. The molecule has 0 aromatic carbocycles. The van der Waals surface area contributed by atoms with Crippen molar-refractivity contribution in [2.45, 2.75) is 19.8 Å². The Morgan fingerprint density at radius 2 is 2.26 bits per heavy atom. The van der Waals surface area contributed by atoms with Gasteiger partial charge in [0.05, 0.1) is 5.39 Å². The molecule has 2 aromatic rings. The van der Waals surface area contributed by atoms with Gasteiger partial charge >= 0.3 is 0 Å². The molecule has 2 N–H and O–H groups in total. The Bertz CT molecular complexity index is 572. The van der Waals surface area contributed by atoms with Gasteiger partial charge in [-0.1, -0.05) is 6.92 Å². The summed E-state index contributed by atoms with van der Waals surface area (Å²) < 4.78 is 0. The third kappa shape index (κ3) is 3.78. The molecular weight excluding hydrogens is 284 g/mol. The number of carbonyl (C=O) groups excluding carboxylic acids is 1. The molecule has 7 heteroatoms. The molecule has 0 unspecified atom stereocenters. The number of rotatable bonds is 6. The third-order valence-corrected chi connectivity index (χ3v) is 3.49. The van der Waals surface area contributed by atoms with Crippen molar-refractivity contribution >= 4 is 44.9 Å². The van der Waals surface area contributed by atoms with E-state index >= 15 is 0 Å². The van der Waals surface area contributed by atoms with Gasteiger partial charge in [-0.3, -0.25) is 4.79 Å². The molecule has 0 atom stereocenters. The predicted molar refractivity (Wildman–Crippen MR) is 78.8 cm³/mol. The van der Waals surface area contributed by atoms with Crippen LogP contribution in [0.4, 0.5) is 5.82 Å². The van der Waals surface area contributed by atoms with Crippen LogP contribution >= 0.6 is 22.9 Å². The van der Waals surface area contributed by atoms with Gasteiger partial charge in [-0.05, 0) is 29.5 Å². The van der Waals surface area contributed by atoms with Gasteiger partial charge in [-0.25, -0.2) is 9.97 Å². The number of thiophene rings is 1. The molecule has 0 aliphatic rings. The second kappa shape index (κ2) is 6.68. The van der Waals surface area contributed by atoms with Crippen LogP contribution in [0.2, 0.25) is 5.28 Å². The van der Waals surface area contributed by atoms with Crippen LogP contribution in [-0.4, -0.2) is 29.0 Å². The van der Waals surface area contributed by atoms with Crippen molar-refractivity contribution in [1.82, 2.24) is 15.3 Å². The summed E-state index contributed by atoms with van der Waals surface area (Å²) in [4.78, 5) is 20.6. The summed E-state index contributed by atoms with van der Waals surface area (Å²) in [5.74, 6) is 0.718. The standard InChI is InChI=1S/C12H15ClN4OS/c1-2-5-14-9(18)3-6-15-10-8-4-7-19-11(8)17-12(13)16-10/h4,7H,2-3,5-6H2,1H3,(H,14,18)(H,15,16,17). The third-order valence-electron chi connectivity index (χ3n) is 2.51. The molecule has 5 nitrogen and oxygen atoms in total. The fourth-order valence-electron chi connectivity index (χ4n) is 1.61. The average molecular weight is 299 g/mol. The van der Waals surface area contributed by atoms with Crippen molar-refractivity contribution in [3.8, 4) is 0 Å². The highest BCUT2D eigenvalue weighted by atomic mass is 35.5. The van der Waals surface area contributed by atoms with E-state index in [9.17, 15) is 4.79 Å². The molecule has 0 saturated carbocycles. The molecule has 0 fully saturated rings. The molecule has 0 spiro atoms. The number of hydrogen-bond acceptors (Lipinski definition) is 5. The van der Waals surface area contributed by atoms with Crippen molar-refractivity contribution in [1.29, 1.82) is 0 Å². The molecule has 1 amide bonds. The smallest absolute Gasteiger partial charge is 0.225 e. The first-order chi connectivity index (χ1) is 9.20. The topological polar surface area (TPSA) is 66.9 Å². The Kier molecular flexibility index (Phi) is 4.93. The monoisotopic (exact) mass is 298 g/mol. The average Bonchev–Trinajstić information content (AvgIpc) is 2.84. The van der Waals surface area contributed by atoms with E-state index in [1.54, 1.807) is 0 Å². The summed E-state index contributed by atoms with van der Waals surface area (Å²) in [7, 11) is 0. The summed E-state index contributed by atoms with van der Waals surface area (Å²) in [6.45, 7) is 3.26. The number of anilines is 1. The van der Waals surface area contributed by atoms with Crippen molar-refractivity contribution < 1.29 is 4.79 Å². The molecule has 0 radical (unpaired) electrons. The van der Waals surface area contributed by atoms with Crippen LogP contribution in [0.1, 0.15) is 19.8 Å². The summed E-state index contributed by atoms with van der Waals surface area (Å²) >= 11 is 7.37. The van der Waals surface area contributed by atoms with Crippen LogP contribution in [0.15, 0.2) is 11.4 Å². The van der Waals surface area contributed by atoms with Crippen molar-refractivity contribution in [2.24, 2.45) is 0 Å². The highest BCUT2D eigenvalue weighted by molar-refractivity contribution is 7.16. The van der Waals surface area contributed by atoms with Crippen LogP contribution in [0.3, 0.4) is 0 Å². The van der Waals surface area contributed by atoms with Crippen molar-refractivity contribution in [3.05, 3.63) is 16.7 Å². The molecule has 102 valence electrons. The Hall–Kier alpha value is -1.40. The number of nitrogens with zero attached hydrogens (tertiary/aromatic N) is 2. The molecule has 0 aliphatic heterocycles. The number of halogens is 1. The summed E-state index contributed by atoms with van der Waals surface area (Å²) in [6.07, 6.45) is 1.35. The zero-order valence-corrected chi connectivity index (χ0v) is 12.1. The number of aromatic nitrogens is 2. The van der Waals surface area contributed by atoms with E-state index in [1.807, 2.05) is 18.4 Å². The second-order valence-electron chi connectivity index (χ2n) is 4.01. The van der Waals surface area contributed by atoms with E-state index in [1.165, 1.54) is 11.3 Å². The van der Waals surface area contributed by atoms with Gasteiger partial charge < -0.3 is 10.6 Å². The van der Waals surface area contributed by atoms with Crippen LogP contribution < -0.4 is 10.6 Å². The Morgan fingerprint density at radius 1 is 1.42 bits per heavy atom. The highest BCUT2D eigenvalue weighted by Crippen LogP contribution is 2.26. The van der Waals surface area contributed by atoms with Gasteiger partial charge in [0, 0.05) is 19.5 Å². The lowest BCUT2D eigenvalue weighted by molar-refractivity contribution is -0.120. The maximum Gasteiger partial charge on any atom is 0.225 e. The molecule has 0 bridgehead atoms. The van der Waals surface area contributed by atoms with E-state index in [0.717, 1.165) is 16.6 Å². The SMILES string of the molecule is CCCNC(=O)CCNc1nc(Cl)nc2sccc12. The molecule has 2 aromatic heterocycles. The van der Waals surface area contributed by atoms with E-state index < -0.39 is 0 Å². The second-order valence-corrected chi connectivity index (χ2v) is 5.24. The summed E-state index contributed by atoms with van der Waals surface area (Å²) in [5, 5.41) is 9.05. The first-order valence-corrected chi connectivity index (χ1v) is 7.37. The molecular formula is C12H15ClN4OS. The minimum absolute atomic E-state index is 0.0380. The lowest BCUT2D eigenvalue weighted by Crippen LogP contribution is -2.26. The lowest BCUT2D eigenvalue weighted by Gasteiger charge is -2.07. The zero-order valence-electron chi connectivity index (χ0n) is 10.6. The van der Waals surface area contributed by atoms with Gasteiger partial charge in [0.15, 0.2) is 0 Å². The van der Waals surface area contributed by atoms with Gasteiger partial charge in [-0.15, -0.1) is 11.3 Å². The van der Waals surface area contributed by atoms with Gasteiger partial charge in [-0.2, -0.15) is 0 Å². The normalized spacial score (nSPS) is 10.6. The fraction of sp³-hybridized carbons (Fsp3) is 0.417. The molecule has 0 aliphatic carbocycles. The Morgan fingerprint density at radius 3 is 3.05 bits per heavy atom. The number of fused-ring (bicyclic) bond motifs is 1. The summed E-state index contributed by atoms with van der Waals surface area (Å²) in [6, 6.07) is 1.94. The van der Waals surface area contributed by atoms with Gasteiger partial charge in [0.1, 0.15) is 10.6 Å². The predicted octanol–water partition coefficient (Wildman–Crippen LogP) is 2.67. The molecule has 19 heavy (non-hydrogen) atoms. The summed E-state index contributed by atoms with van der Waals surface area (Å²) in [5.41, 5.74) is 0. The fourth-order valence-corrected chi connectivity index (χ4v) is 2.59. The van der Waals surface area contributed by atoms with E-state index in [-0.39, 0.29) is 11.2 Å². The number of nitrogens with one attached hydrogen (secondary N) is 2. The molecule has 2 rings (SSSR count). The van der Waals surface area contributed by atoms with Crippen molar-refractivity contribution in [3.63, 3.8) is 0 Å². The first-order valence-electron chi connectivity index (χ1n) is 6.12. The van der Waals surface area contributed by atoms with E-state index in [0.29, 0.717) is 25.3 Å². The van der Waals surface area contributed by atoms with E-state index in [4.69, 9.17) is 11.6 Å². The molecule has 2 heterocycles. The van der Waals surface area contributed by atoms with Crippen LogP contribution in [-0.2, 0) is 4.79 Å². The Balaban J connectivity index is 1.94. The molecule has 0 saturated heterocycles. The highest BCUT2D eigenvalue weighted by Gasteiger charge is 2.08. The number of amides is 1. The largest absolute Gasteiger partial charge is 0.369 e. The lowest BCUT2D eigenvalue weighted by atomic mass is 10.3. The minimum atomic E-state index is 0.0380. The quantitative estimate of drug-likeness (QED) is 0.805. The van der Waals surface area contributed by atoms with Gasteiger partial charge in [0.2, 0.25) is 11.2 Å². The van der Waals surface area contributed by atoms with Crippen LogP contribution in [0.5, 0.6) is 0 Å². The number of carbonyl (C=O) groups is 1. The Labute approximate surface area is 120 Å². The number of hydrogen-bond donors (Lipinski definition) is 2.